The standard InChI is InChI=1S/C18H22ClNO4/c1-17(16(22)23)6-9-20(12-17)15(21)18(7-10-24-11-8-18)13-4-2-3-5-14(13)19/h2-5H,6-12H2,1H3,(H,22,23). The van der Waals surface area contributed by atoms with Gasteiger partial charge >= 0.3 is 5.97 Å². The van der Waals surface area contributed by atoms with Crippen molar-refractivity contribution in [2.45, 2.75) is 31.6 Å². The summed E-state index contributed by atoms with van der Waals surface area (Å²) >= 11 is 6.40. The number of amides is 1. The first-order valence-corrected chi connectivity index (χ1v) is 8.62. The van der Waals surface area contributed by atoms with E-state index in [1.165, 1.54) is 0 Å². The van der Waals surface area contributed by atoms with E-state index in [4.69, 9.17) is 16.3 Å². The molecule has 2 aliphatic heterocycles. The number of carbonyl (C=O) groups excluding carboxylic acids is 1. The molecule has 2 fully saturated rings. The highest BCUT2D eigenvalue weighted by Gasteiger charge is 2.50. The summed E-state index contributed by atoms with van der Waals surface area (Å²) in [5.41, 5.74) is -0.771. The van der Waals surface area contributed by atoms with E-state index in [2.05, 4.69) is 0 Å². The van der Waals surface area contributed by atoms with Gasteiger partial charge in [-0.15, -0.1) is 0 Å². The number of carbonyl (C=O) groups is 2. The van der Waals surface area contributed by atoms with E-state index in [-0.39, 0.29) is 12.5 Å². The van der Waals surface area contributed by atoms with Crippen molar-refractivity contribution in [3.8, 4) is 0 Å². The number of nitrogens with zero attached hydrogens (tertiary/aromatic N) is 1. The van der Waals surface area contributed by atoms with Crippen LogP contribution < -0.4 is 0 Å². The number of rotatable bonds is 3. The maximum Gasteiger partial charge on any atom is 0.311 e. The van der Waals surface area contributed by atoms with Crippen LogP contribution in [0, 0.1) is 5.41 Å². The molecule has 0 aromatic heterocycles. The van der Waals surface area contributed by atoms with Crippen molar-refractivity contribution in [3.05, 3.63) is 34.9 Å². The van der Waals surface area contributed by atoms with E-state index in [9.17, 15) is 14.7 Å². The third-order valence-corrected chi connectivity index (χ3v) is 5.75. The molecule has 1 atom stereocenters. The van der Waals surface area contributed by atoms with Crippen LogP contribution in [0.4, 0.5) is 0 Å². The molecular weight excluding hydrogens is 330 g/mol. The number of likely N-dealkylation sites (tertiary alicyclic amines) is 1. The second-order valence-corrected chi connectivity index (χ2v) is 7.42. The van der Waals surface area contributed by atoms with Gasteiger partial charge in [-0.2, -0.15) is 0 Å². The van der Waals surface area contributed by atoms with Crippen LogP contribution in [0.3, 0.4) is 0 Å². The Morgan fingerprint density at radius 1 is 1.21 bits per heavy atom. The van der Waals surface area contributed by atoms with Gasteiger partial charge in [0.1, 0.15) is 0 Å². The third kappa shape index (κ3) is 2.80. The summed E-state index contributed by atoms with van der Waals surface area (Å²) in [5, 5.41) is 10.0. The molecule has 0 aliphatic carbocycles. The summed E-state index contributed by atoms with van der Waals surface area (Å²) in [6.07, 6.45) is 1.61. The molecule has 1 N–H and O–H groups in total. The highest BCUT2D eigenvalue weighted by molar-refractivity contribution is 6.31. The Bertz CT molecular complexity index is 656. The fourth-order valence-electron chi connectivity index (χ4n) is 3.78. The first-order chi connectivity index (χ1) is 11.4. The number of carboxylic acids is 1. The predicted octanol–water partition coefficient (Wildman–Crippen LogP) is 2.71. The number of aliphatic carboxylic acids is 1. The van der Waals surface area contributed by atoms with E-state index < -0.39 is 16.8 Å². The molecule has 130 valence electrons. The number of halogens is 1. The lowest BCUT2D eigenvalue weighted by Gasteiger charge is -2.39. The van der Waals surface area contributed by atoms with E-state index in [1.54, 1.807) is 17.9 Å². The lowest BCUT2D eigenvalue weighted by atomic mass is 9.73. The van der Waals surface area contributed by atoms with Crippen LogP contribution in [0.25, 0.3) is 0 Å². The third-order valence-electron chi connectivity index (χ3n) is 5.42. The van der Waals surface area contributed by atoms with Gasteiger partial charge in [-0.25, -0.2) is 0 Å². The Morgan fingerprint density at radius 3 is 2.46 bits per heavy atom. The van der Waals surface area contributed by atoms with Gasteiger partial charge in [0.25, 0.3) is 0 Å². The van der Waals surface area contributed by atoms with E-state index in [0.717, 1.165) is 5.56 Å². The van der Waals surface area contributed by atoms with Crippen molar-refractivity contribution >= 4 is 23.5 Å². The Morgan fingerprint density at radius 2 is 1.88 bits per heavy atom. The van der Waals surface area contributed by atoms with Crippen LogP contribution in [-0.4, -0.2) is 48.2 Å². The molecular formula is C18H22ClNO4. The molecule has 2 saturated heterocycles. The van der Waals surface area contributed by atoms with Crippen LogP contribution in [-0.2, 0) is 19.7 Å². The Balaban J connectivity index is 1.94. The maximum absolute atomic E-state index is 13.4. The SMILES string of the molecule is CC1(C(=O)O)CCN(C(=O)C2(c3ccccc3Cl)CCOCC2)C1. The molecule has 1 amide bonds. The summed E-state index contributed by atoms with van der Waals surface area (Å²) in [7, 11) is 0. The summed E-state index contributed by atoms with van der Waals surface area (Å²) in [6.45, 7) is 3.42. The minimum atomic E-state index is -0.873. The lowest BCUT2D eigenvalue weighted by molar-refractivity contribution is -0.148. The molecule has 1 aromatic rings. The van der Waals surface area contributed by atoms with Gasteiger partial charge in [0, 0.05) is 31.3 Å². The molecule has 2 heterocycles. The number of benzene rings is 1. The van der Waals surface area contributed by atoms with Gasteiger partial charge in [-0.05, 0) is 37.8 Å². The minimum absolute atomic E-state index is 0.0242. The zero-order chi connectivity index (χ0) is 17.4. The largest absolute Gasteiger partial charge is 0.481 e. The first kappa shape index (κ1) is 17.2. The van der Waals surface area contributed by atoms with Crippen molar-refractivity contribution in [1.82, 2.24) is 4.90 Å². The van der Waals surface area contributed by atoms with Gasteiger partial charge in [0.15, 0.2) is 0 Å². The van der Waals surface area contributed by atoms with Gasteiger partial charge in [-0.3, -0.25) is 9.59 Å². The molecule has 2 aliphatic rings. The molecule has 0 saturated carbocycles. The van der Waals surface area contributed by atoms with Gasteiger partial charge < -0.3 is 14.7 Å². The summed E-state index contributed by atoms with van der Waals surface area (Å²) < 4.78 is 5.47. The molecule has 1 aromatic carbocycles. The molecule has 3 rings (SSSR count). The topological polar surface area (TPSA) is 66.8 Å². The molecule has 5 nitrogen and oxygen atoms in total. The minimum Gasteiger partial charge on any atom is -0.481 e. The summed E-state index contributed by atoms with van der Waals surface area (Å²) in [6, 6.07) is 7.43. The van der Waals surface area contributed by atoms with Gasteiger partial charge in [0.05, 0.1) is 10.8 Å². The van der Waals surface area contributed by atoms with Crippen LogP contribution in [0.1, 0.15) is 31.7 Å². The predicted molar refractivity (Wildman–Crippen MR) is 90.1 cm³/mol. The van der Waals surface area contributed by atoms with Crippen LogP contribution in [0.2, 0.25) is 5.02 Å². The highest BCUT2D eigenvalue weighted by atomic mass is 35.5. The smallest absolute Gasteiger partial charge is 0.311 e. The molecule has 1 unspecified atom stereocenters. The molecule has 24 heavy (non-hydrogen) atoms. The maximum atomic E-state index is 13.4. The van der Waals surface area contributed by atoms with Gasteiger partial charge in [0.2, 0.25) is 5.91 Å². The zero-order valence-electron chi connectivity index (χ0n) is 13.8. The molecule has 6 heteroatoms. The lowest BCUT2D eigenvalue weighted by Crippen LogP contribution is -2.50. The van der Waals surface area contributed by atoms with Crippen molar-refractivity contribution in [1.29, 1.82) is 0 Å². The zero-order valence-corrected chi connectivity index (χ0v) is 14.5. The summed E-state index contributed by atoms with van der Waals surface area (Å²) in [5.74, 6) is -0.875. The van der Waals surface area contributed by atoms with Crippen molar-refractivity contribution in [2.24, 2.45) is 5.41 Å². The quantitative estimate of drug-likeness (QED) is 0.909. The summed E-state index contributed by atoms with van der Waals surface area (Å²) in [4.78, 5) is 26.6. The number of ether oxygens (including phenoxy) is 1. The second-order valence-electron chi connectivity index (χ2n) is 7.02. The normalized spacial score (nSPS) is 26.3. The van der Waals surface area contributed by atoms with Crippen molar-refractivity contribution < 1.29 is 19.4 Å². The first-order valence-electron chi connectivity index (χ1n) is 8.25. The van der Waals surface area contributed by atoms with E-state index >= 15 is 0 Å². The van der Waals surface area contributed by atoms with E-state index in [1.807, 2.05) is 18.2 Å². The van der Waals surface area contributed by atoms with Crippen molar-refractivity contribution in [2.75, 3.05) is 26.3 Å². The Kier molecular flexibility index (Phi) is 4.58. The van der Waals surface area contributed by atoms with Crippen molar-refractivity contribution in [3.63, 3.8) is 0 Å². The van der Waals surface area contributed by atoms with Gasteiger partial charge in [-0.1, -0.05) is 29.8 Å². The fraction of sp³-hybridized carbons (Fsp3) is 0.556. The monoisotopic (exact) mass is 351 g/mol. The average Bonchev–Trinajstić information content (AvgIpc) is 2.99. The van der Waals surface area contributed by atoms with E-state index in [0.29, 0.717) is 44.0 Å². The fourth-order valence-corrected chi connectivity index (χ4v) is 4.10. The average molecular weight is 352 g/mol. The highest BCUT2D eigenvalue weighted by Crippen LogP contribution is 2.42. The number of hydrogen-bond donors (Lipinski definition) is 1. The molecule has 0 radical (unpaired) electrons. The van der Waals surface area contributed by atoms with Crippen LogP contribution in [0.5, 0.6) is 0 Å². The second kappa shape index (κ2) is 6.37. The number of hydrogen-bond acceptors (Lipinski definition) is 3. The van der Waals surface area contributed by atoms with Crippen LogP contribution in [0.15, 0.2) is 24.3 Å². The Hall–Kier alpha value is -1.59. The Labute approximate surface area is 146 Å². The van der Waals surface area contributed by atoms with Crippen LogP contribution >= 0.6 is 11.6 Å². The molecule has 0 bridgehead atoms. The number of carboxylic acid groups (broad SMARTS) is 1. The molecule has 0 spiro atoms.